The van der Waals surface area contributed by atoms with Gasteiger partial charge in [0.25, 0.3) is 0 Å². The number of benzene rings is 1. The molecule has 0 spiro atoms. The normalized spacial score (nSPS) is 10.8. The summed E-state index contributed by atoms with van der Waals surface area (Å²) in [5.41, 5.74) is 0.673. The maximum atomic E-state index is 11.2. The lowest BCUT2D eigenvalue weighted by Gasteiger charge is -2.02. The summed E-state index contributed by atoms with van der Waals surface area (Å²) in [7, 11) is 0. The lowest BCUT2D eigenvalue weighted by atomic mass is 10.2. The first kappa shape index (κ1) is 9.56. The summed E-state index contributed by atoms with van der Waals surface area (Å²) in [6, 6.07) is 5.19. The Labute approximate surface area is 91.0 Å². The van der Waals surface area contributed by atoms with Gasteiger partial charge in [0.1, 0.15) is 0 Å². The maximum Gasteiger partial charge on any atom is 0.227 e. The highest BCUT2D eigenvalue weighted by Gasteiger charge is 2.10. The van der Waals surface area contributed by atoms with Gasteiger partial charge in [0.15, 0.2) is 0 Å². The number of carbonyl (C=O) groups is 1. The quantitative estimate of drug-likeness (QED) is 0.675. The largest absolute Gasteiger partial charge is 0.286 e. The Kier molecular flexibility index (Phi) is 2.25. The van der Waals surface area contributed by atoms with Gasteiger partial charge in [-0.15, -0.1) is 0 Å². The lowest BCUT2D eigenvalue weighted by molar-refractivity contribution is 0.0941. The minimum Gasteiger partial charge on any atom is -0.286 e. The van der Waals surface area contributed by atoms with E-state index in [0.29, 0.717) is 15.6 Å². The van der Waals surface area contributed by atoms with E-state index in [0.717, 1.165) is 5.39 Å². The number of nitrogens with zero attached hydrogens (tertiary/aromatic N) is 1. The number of hydrogen-bond acceptors (Lipinski definition) is 1. The van der Waals surface area contributed by atoms with Gasteiger partial charge in [-0.3, -0.25) is 9.36 Å². The van der Waals surface area contributed by atoms with Crippen molar-refractivity contribution in [1.29, 1.82) is 0 Å². The molecular weight excluding hydrogens is 221 g/mol. The molecule has 0 aliphatic carbocycles. The molecule has 4 heteroatoms. The highest BCUT2D eigenvalue weighted by Crippen LogP contribution is 2.30. The van der Waals surface area contributed by atoms with E-state index in [1.54, 1.807) is 24.4 Å². The predicted octanol–water partition coefficient (Wildman–Crippen LogP) is 3.61. The van der Waals surface area contributed by atoms with Crippen LogP contribution in [0.3, 0.4) is 0 Å². The Morgan fingerprint density at radius 1 is 1.21 bits per heavy atom. The molecule has 0 bridgehead atoms. The van der Waals surface area contributed by atoms with Crippen molar-refractivity contribution in [2.24, 2.45) is 0 Å². The summed E-state index contributed by atoms with van der Waals surface area (Å²) >= 11 is 12.0. The smallest absolute Gasteiger partial charge is 0.227 e. The Morgan fingerprint density at radius 2 is 1.86 bits per heavy atom. The third kappa shape index (κ3) is 1.31. The molecule has 1 heterocycles. The molecule has 2 nitrogen and oxygen atoms in total. The summed E-state index contributed by atoms with van der Waals surface area (Å²) in [6.45, 7) is 1.48. The Bertz CT molecular complexity index is 516. The van der Waals surface area contributed by atoms with Crippen molar-refractivity contribution in [3.05, 3.63) is 34.4 Å². The van der Waals surface area contributed by atoms with Crippen LogP contribution in [0.2, 0.25) is 10.0 Å². The van der Waals surface area contributed by atoms with Crippen LogP contribution in [-0.2, 0) is 0 Å². The third-order valence-corrected chi connectivity index (χ3v) is 2.72. The highest BCUT2D eigenvalue weighted by molar-refractivity contribution is 6.40. The molecule has 0 aliphatic rings. The molecule has 0 aliphatic heterocycles. The number of halogens is 2. The molecule has 0 fully saturated rings. The average Bonchev–Trinajstić information content (AvgIpc) is 2.56. The van der Waals surface area contributed by atoms with Crippen LogP contribution in [0.4, 0.5) is 0 Å². The van der Waals surface area contributed by atoms with Gasteiger partial charge in [-0.25, -0.2) is 0 Å². The van der Waals surface area contributed by atoms with E-state index < -0.39 is 0 Å². The molecule has 0 radical (unpaired) electrons. The summed E-state index contributed by atoms with van der Waals surface area (Å²) in [5.74, 6) is -0.0795. The second-order valence-electron chi connectivity index (χ2n) is 3.00. The summed E-state index contributed by atoms with van der Waals surface area (Å²) in [6.07, 6.45) is 1.67. The summed E-state index contributed by atoms with van der Waals surface area (Å²) in [4.78, 5) is 11.2. The van der Waals surface area contributed by atoms with Crippen molar-refractivity contribution in [2.75, 3.05) is 0 Å². The van der Waals surface area contributed by atoms with Crippen LogP contribution in [-0.4, -0.2) is 10.5 Å². The van der Waals surface area contributed by atoms with Crippen LogP contribution in [0.25, 0.3) is 10.9 Å². The molecule has 14 heavy (non-hydrogen) atoms. The number of hydrogen-bond donors (Lipinski definition) is 0. The maximum absolute atomic E-state index is 11.2. The van der Waals surface area contributed by atoms with E-state index in [-0.39, 0.29) is 5.91 Å². The molecule has 0 amide bonds. The topological polar surface area (TPSA) is 22.0 Å². The summed E-state index contributed by atoms with van der Waals surface area (Å²) < 4.78 is 1.49. The van der Waals surface area contributed by atoms with Gasteiger partial charge >= 0.3 is 0 Å². The van der Waals surface area contributed by atoms with Gasteiger partial charge in [-0.2, -0.15) is 0 Å². The Balaban J connectivity index is 2.90. The van der Waals surface area contributed by atoms with E-state index >= 15 is 0 Å². The SMILES string of the molecule is CC(=O)n1ccc2c(Cl)ccc(Cl)c21. The molecular formula is C10H7Cl2NO. The standard InChI is InChI=1S/C10H7Cl2NO/c1-6(14)13-5-4-7-8(11)2-3-9(12)10(7)13/h2-5H,1H3. The van der Waals surface area contributed by atoms with Gasteiger partial charge in [-0.05, 0) is 18.2 Å². The van der Waals surface area contributed by atoms with Crippen molar-refractivity contribution < 1.29 is 4.79 Å². The average molecular weight is 228 g/mol. The van der Waals surface area contributed by atoms with E-state index in [2.05, 4.69) is 0 Å². The highest BCUT2D eigenvalue weighted by atomic mass is 35.5. The van der Waals surface area contributed by atoms with Crippen molar-refractivity contribution in [1.82, 2.24) is 4.57 Å². The number of aromatic nitrogens is 1. The van der Waals surface area contributed by atoms with Crippen molar-refractivity contribution in [3.8, 4) is 0 Å². The third-order valence-electron chi connectivity index (χ3n) is 2.09. The Hall–Kier alpha value is -0.990. The lowest BCUT2D eigenvalue weighted by Crippen LogP contribution is -2.03. The summed E-state index contributed by atoms with van der Waals surface area (Å²) in [5, 5.41) is 1.93. The zero-order chi connectivity index (χ0) is 10.3. The van der Waals surface area contributed by atoms with Crippen LogP contribution >= 0.6 is 23.2 Å². The van der Waals surface area contributed by atoms with Crippen molar-refractivity contribution in [3.63, 3.8) is 0 Å². The fraction of sp³-hybridized carbons (Fsp3) is 0.100. The van der Waals surface area contributed by atoms with Gasteiger partial charge in [0.05, 0.1) is 15.6 Å². The minimum atomic E-state index is -0.0795. The fourth-order valence-corrected chi connectivity index (χ4v) is 1.92. The molecule has 72 valence electrons. The first-order chi connectivity index (χ1) is 6.61. The van der Waals surface area contributed by atoms with Crippen LogP contribution in [0, 0.1) is 0 Å². The second-order valence-corrected chi connectivity index (χ2v) is 3.81. The molecule has 0 saturated carbocycles. The van der Waals surface area contributed by atoms with Crippen LogP contribution in [0.15, 0.2) is 24.4 Å². The number of rotatable bonds is 0. The van der Waals surface area contributed by atoms with Gasteiger partial charge in [0, 0.05) is 18.5 Å². The van der Waals surface area contributed by atoms with Crippen LogP contribution in [0.5, 0.6) is 0 Å². The molecule has 0 saturated heterocycles. The van der Waals surface area contributed by atoms with E-state index in [4.69, 9.17) is 23.2 Å². The first-order valence-corrected chi connectivity index (χ1v) is 4.83. The number of carbonyl (C=O) groups excluding carboxylic acids is 1. The molecule has 0 unspecified atom stereocenters. The predicted molar refractivity (Wildman–Crippen MR) is 58.3 cm³/mol. The first-order valence-electron chi connectivity index (χ1n) is 4.07. The van der Waals surface area contributed by atoms with E-state index in [9.17, 15) is 4.79 Å². The van der Waals surface area contributed by atoms with E-state index in [1.807, 2.05) is 0 Å². The van der Waals surface area contributed by atoms with Gasteiger partial charge in [-0.1, -0.05) is 23.2 Å². The fourth-order valence-electron chi connectivity index (χ4n) is 1.45. The van der Waals surface area contributed by atoms with Crippen LogP contribution < -0.4 is 0 Å². The molecule has 0 atom stereocenters. The van der Waals surface area contributed by atoms with E-state index in [1.165, 1.54) is 11.5 Å². The molecule has 1 aromatic carbocycles. The number of fused-ring (bicyclic) bond motifs is 1. The zero-order valence-electron chi connectivity index (χ0n) is 7.42. The molecule has 2 aromatic rings. The molecule has 2 rings (SSSR count). The van der Waals surface area contributed by atoms with Crippen molar-refractivity contribution in [2.45, 2.75) is 6.92 Å². The monoisotopic (exact) mass is 227 g/mol. The molecule has 0 N–H and O–H groups in total. The zero-order valence-corrected chi connectivity index (χ0v) is 8.93. The minimum absolute atomic E-state index is 0.0795. The molecule has 1 aromatic heterocycles. The van der Waals surface area contributed by atoms with Crippen LogP contribution in [0.1, 0.15) is 11.7 Å². The van der Waals surface area contributed by atoms with Crippen molar-refractivity contribution >= 4 is 40.0 Å². The van der Waals surface area contributed by atoms with Gasteiger partial charge < -0.3 is 0 Å². The Morgan fingerprint density at radius 3 is 2.50 bits per heavy atom. The second kappa shape index (κ2) is 3.30. The van der Waals surface area contributed by atoms with Gasteiger partial charge in [0.2, 0.25) is 5.91 Å².